The largest absolute Gasteiger partial charge is 0.465 e. The molecule has 3 aliphatic rings. The molecule has 0 spiro atoms. The number of carbonyl (C=O) groups is 3. The minimum atomic E-state index is -1.89. The van der Waals surface area contributed by atoms with Gasteiger partial charge in [0.1, 0.15) is 11.9 Å². The summed E-state index contributed by atoms with van der Waals surface area (Å²) in [6.07, 6.45) is 2.98. The zero-order chi connectivity index (χ0) is 36.8. The van der Waals surface area contributed by atoms with Crippen molar-refractivity contribution in [2.75, 3.05) is 19.7 Å². The molecule has 1 aliphatic carbocycles. The molecule has 5 rings (SSSR count). The fraction of sp³-hybridized carbons (Fsp3) is 0.611. The number of hydrogen-bond acceptors (Lipinski definition) is 7. The molecular formula is C36H50Cl2N4O7Si. The summed E-state index contributed by atoms with van der Waals surface area (Å²) in [7, 11) is -1.89. The van der Waals surface area contributed by atoms with Crippen LogP contribution in [0.1, 0.15) is 84.4 Å². The first-order chi connectivity index (χ1) is 23.3. The number of ether oxygens (including phenoxy) is 1. The van der Waals surface area contributed by atoms with E-state index in [4.69, 9.17) is 41.8 Å². The summed E-state index contributed by atoms with van der Waals surface area (Å²) in [4.78, 5) is 50.4. The van der Waals surface area contributed by atoms with Crippen LogP contribution >= 0.6 is 23.2 Å². The number of aromatic nitrogens is 1. The normalized spacial score (nSPS) is 19.9. The average Bonchev–Trinajstić information content (AvgIpc) is 3.73. The SMILES string of the molecule is CC(C)(C)OC(=O)N1CC2CC(c3nc(CCCO[Si](C)(C)C(C)(C)C)co3)=C(C(=O)N(Cc3cccc(Cl)c3Cl)C3CC3)[C@@H](C1)N2C(=O)O. The van der Waals surface area contributed by atoms with E-state index < -0.39 is 38.2 Å². The van der Waals surface area contributed by atoms with Crippen LogP contribution in [0.5, 0.6) is 0 Å². The standard InChI is InChI=1S/C36H50Cl2N4O7Si/c1-35(2,3)49-34(46)40-19-25-17-26(31-39-23(21-47-31)12-10-16-48-50(7,8)36(4,5)6)29(28(20-40)42(25)33(44)45)32(43)41(24-14-15-24)18-22-11-9-13-27(37)30(22)38/h9,11,13,21,24-25,28H,10,12,14-20H2,1-8H3,(H,44,45)/t25?,28-/m1/s1. The monoisotopic (exact) mass is 748 g/mol. The number of hydrogen-bond donors (Lipinski definition) is 1. The van der Waals surface area contributed by atoms with Crippen LogP contribution in [0.25, 0.3) is 5.57 Å². The lowest BCUT2D eigenvalue weighted by Crippen LogP contribution is -2.65. The van der Waals surface area contributed by atoms with Gasteiger partial charge in [-0.1, -0.05) is 56.1 Å². The van der Waals surface area contributed by atoms with Crippen molar-refractivity contribution in [1.29, 1.82) is 0 Å². The van der Waals surface area contributed by atoms with Gasteiger partial charge >= 0.3 is 12.2 Å². The summed E-state index contributed by atoms with van der Waals surface area (Å²) in [5.41, 5.74) is 1.46. The van der Waals surface area contributed by atoms with Gasteiger partial charge in [0.2, 0.25) is 5.89 Å². The van der Waals surface area contributed by atoms with Crippen molar-refractivity contribution in [3.63, 3.8) is 0 Å². The Hall–Kier alpha value is -3.06. The Labute approximate surface area is 306 Å². The van der Waals surface area contributed by atoms with Gasteiger partial charge in [-0.3, -0.25) is 9.69 Å². The van der Waals surface area contributed by atoms with E-state index in [0.717, 1.165) is 25.0 Å². The quantitative estimate of drug-likeness (QED) is 0.190. The maximum atomic E-state index is 14.9. The van der Waals surface area contributed by atoms with Crippen molar-refractivity contribution in [1.82, 2.24) is 19.7 Å². The number of benzene rings is 1. The Bertz CT molecular complexity index is 1640. The highest BCUT2D eigenvalue weighted by Gasteiger charge is 2.50. The minimum absolute atomic E-state index is 0.0585. The van der Waals surface area contributed by atoms with Gasteiger partial charge in [-0.05, 0) is 76.2 Å². The molecule has 1 N–H and O–H groups in total. The fourth-order valence-corrected chi connectivity index (χ4v) is 7.73. The molecule has 1 unspecified atom stereocenters. The Morgan fingerprint density at radius 1 is 1.10 bits per heavy atom. The smallest absolute Gasteiger partial charge is 0.410 e. The molecule has 11 nitrogen and oxygen atoms in total. The highest BCUT2D eigenvalue weighted by atomic mass is 35.5. The lowest BCUT2D eigenvalue weighted by Gasteiger charge is -2.49. The van der Waals surface area contributed by atoms with Crippen molar-refractivity contribution >= 4 is 55.2 Å². The number of carbonyl (C=O) groups excluding carboxylic acids is 2. The number of carboxylic acid groups (broad SMARTS) is 1. The van der Waals surface area contributed by atoms with Gasteiger partial charge in [0, 0.05) is 44.3 Å². The third-order valence-electron chi connectivity index (χ3n) is 10.0. The number of aryl methyl sites for hydroxylation is 1. The molecule has 14 heteroatoms. The van der Waals surface area contributed by atoms with Crippen LogP contribution in [0.2, 0.25) is 28.2 Å². The lowest BCUT2D eigenvalue weighted by atomic mass is 9.84. The molecule has 2 bridgehead atoms. The first-order valence-corrected chi connectivity index (χ1v) is 21.0. The predicted octanol–water partition coefficient (Wildman–Crippen LogP) is 8.25. The van der Waals surface area contributed by atoms with E-state index in [1.54, 1.807) is 44.1 Å². The molecule has 2 aromatic rings. The molecular weight excluding hydrogens is 699 g/mol. The molecule has 0 radical (unpaired) electrons. The third kappa shape index (κ3) is 8.51. The summed E-state index contributed by atoms with van der Waals surface area (Å²) in [6, 6.07) is 3.62. The van der Waals surface area contributed by atoms with E-state index in [2.05, 4.69) is 33.9 Å². The van der Waals surface area contributed by atoms with E-state index in [1.807, 2.05) is 6.07 Å². The topological polar surface area (TPSA) is 126 Å². The highest BCUT2D eigenvalue weighted by molar-refractivity contribution is 6.74. The van der Waals surface area contributed by atoms with Crippen LogP contribution in [0.4, 0.5) is 9.59 Å². The van der Waals surface area contributed by atoms with E-state index >= 15 is 0 Å². The zero-order valence-electron chi connectivity index (χ0n) is 30.3. The number of fused-ring (bicyclic) bond motifs is 2. The molecule has 1 saturated heterocycles. The van der Waals surface area contributed by atoms with Gasteiger partial charge in [-0.25, -0.2) is 14.6 Å². The molecule has 274 valence electrons. The molecule has 1 aromatic carbocycles. The van der Waals surface area contributed by atoms with Gasteiger partial charge in [0.25, 0.3) is 5.91 Å². The van der Waals surface area contributed by atoms with Crippen LogP contribution in [0.3, 0.4) is 0 Å². The Kier molecular flexibility index (Phi) is 11.1. The highest BCUT2D eigenvalue weighted by Crippen LogP contribution is 2.42. The van der Waals surface area contributed by atoms with Gasteiger partial charge < -0.3 is 28.5 Å². The fourth-order valence-electron chi connectivity index (χ4n) is 6.27. The van der Waals surface area contributed by atoms with E-state index in [0.29, 0.717) is 34.2 Å². The molecule has 2 aliphatic heterocycles. The summed E-state index contributed by atoms with van der Waals surface area (Å²) < 4.78 is 18.1. The number of oxazole rings is 1. The van der Waals surface area contributed by atoms with Gasteiger partial charge in [0.15, 0.2) is 8.32 Å². The number of rotatable bonds is 10. The maximum absolute atomic E-state index is 14.9. The van der Waals surface area contributed by atoms with Crippen LogP contribution in [-0.2, 0) is 26.9 Å². The number of halogens is 2. The zero-order valence-corrected chi connectivity index (χ0v) is 32.9. The Balaban J connectivity index is 1.50. The van der Waals surface area contributed by atoms with Gasteiger partial charge in [-0.2, -0.15) is 0 Å². The van der Waals surface area contributed by atoms with Gasteiger partial charge in [0.05, 0.1) is 33.4 Å². The van der Waals surface area contributed by atoms with Crippen molar-refractivity contribution in [2.45, 2.75) is 122 Å². The molecule has 3 heterocycles. The Morgan fingerprint density at radius 3 is 2.42 bits per heavy atom. The molecule has 1 aromatic heterocycles. The van der Waals surface area contributed by atoms with Crippen molar-refractivity contribution in [3.05, 3.63) is 57.2 Å². The lowest BCUT2D eigenvalue weighted by molar-refractivity contribution is -0.129. The van der Waals surface area contributed by atoms with Gasteiger partial charge in [-0.15, -0.1) is 0 Å². The van der Waals surface area contributed by atoms with E-state index in [9.17, 15) is 19.5 Å². The van der Waals surface area contributed by atoms with Crippen LogP contribution in [0, 0.1) is 0 Å². The van der Waals surface area contributed by atoms with Crippen LogP contribution in [-0.4, -0.2) is 94.6 Å². The van der Waals surface area contributed by atoms with Crippen LogP contribution < -0.4 is 0 Å². The second-order valence-electron chi connectivity index (χ2n) is 16.1. The second kappa shape index (κ2) is 14.5. The molecule has 3 amide bonds. The molecule has 1 saturated carbocycles. The predicted molar refractivity (Wildman–Crippen MR) is 195 cm³/mol. The molecule has 2 fully saturated rings. The summed E-state index contributed by atoms with van der Waals surface area (Å²) >= 11 is 12.9. The molecule has 2 atom stereocenters. The number of amides is 3. The number of piperazine rings is 1. The van der Waals surface area contributed by atoms with E-state index in [1.165, 1.54) is 9.80 Å². The second-order valence-corrected chi connectivity index (χ2v) is 21.7. The summed E-state index contributed by atoms with van der Waals surface area (Å²) in [5, 5.41) is 11.3. The third-order valence-corrected chi connectivity index (χ3v) is 15.4. The van der Waals surface area contributed by atoms with Crippen molar-refractivity contribution < 1.29 is 33.1 Å². The maximum Gasteiger partial charge on any atom is 0.410 e. The first-order valence-electron chi connectivity index (χ1n) is 17.3. The summed E-state index contributed by atoms with van der Waals surface area (Å²) in [5.74, 6) is -0.0576. The number of nitrogens with zero attached hydrogens (tertiary/aromatic N) is 4. The summed E-state index contributed by atoms with van der Waals surface area (Å²) in [6.45, 7) is 17.2. The minimum Gasteiger partial charge on any atom is -0.465 e. The Morgan fingerprint density at radius 2 is 1.80 bits per heavy atom. The van der Waals surface area contributed by atoms with Crippen molar-refractivity contribution in [3.8, 4) is 0 Å². The van der Waals surface area contributed by atoms with E-state index in [-0.39, 0.29) is 54.5 Å². The van der Waals surface area contributed by atoms with Crippen molar-refractivity contribution in [2.24, 2.45) is 0 Å². The molecule has 50 heavy (non-hydrogen) atoms. The first kappa shape index (κ1) is 38.2. The van der Waals surface area contributed by atoms with Crippen LogP contribution in [0.15, 0.2) is 34.5 Å². The average molecular weight is 750 g/mol.